The zero-order chi connectivity index (χ0) is 14.0. The summed E-state index contributed by atoms with van der Waals surface area (Å²) >= 11 is 0. The maximum Gasteiger partial charge on any atom is -0.00461 e. The predicted octanol–water partition coefficient (Wildman–Crippen LogP) is 4.09. The Balaban J connectivity index is 1.34. The topological polar surface area (TPSA) is 26.0 Å². The van der Waals surface area contributed by atoms with Gasteiger partial charge in [0.05, 0.1) is 0 Å². The van der Waals surface area contributed by atoms with Crippen molar-refractivity contribution < 1.29 is 0 Å². The van der Waals surface area contributed by atoms with Crippen molar-refractivity contribution in [2.24, 2.45) is 59.0 Å². The van der Waals surface area contributed by atoms with Crippen molar-refractivity contribution in [1.82, 2.24) is 0 Å². The Morgan fingerprint density at radius 1 is 1.00 bits per heavy atom. The first-order valence-electron chi connectivity index (χ1n) is 9.07. The molecule has 0 heterocycles. The largest absolute Gasteiger partial charge is 0.330 e. The minimum Gasteiger partial charge on any atom is -0.330 e. The van der Waals surface area contributed by atoms with Gasteiger partial charge in [-0.15, -0.1) is 0 Å². The van der Waals surface area contributed by atoms with E-state index in [9.17, 15) is 0 Å². The van der Waals surface area contributed by atoms with Crippen molar-refractivity contribution in [1.29, 1.82) is 0 Å². The Morgan fingerprint density at radius 2 is 1.75 bits per heavy atom. The van der Waals surface area contributed by atoms with Crippen LogP contribution in [0.2, 0.25) is 0 Å². The predicted molar refractivity (Wildman–Crippen MR) is 84.0 cm³/mol. The first-order valence-corrected chi connectivity index (χ1v) is 9.07. The molecule has 9 unspecified atom stereocenters. The molecule has 4 rings (SSSR count). The summed E-state index contributed by atoms with van der Waals surface area (Å²) in [6, 6.07) is 0. The van der Waals surface area contributed by atoms with Gasteiger partial charge in [-0.05, 0) is 79.1 Å². The van der Waals surface area contributed by atoms with E-state index >= 15 is 0 Å². The molecule has 0 aromatic heterocycles. The summed E-state index contributed by atoms with van der Waals surface area (Å²) in [5, 5.41) is 0. The van der Waals surface area contributed by atoms with Crippen molar-refractivity contribution in [2.75, 3.05) is 6.54 Å². The van der Waals surface area contributed by atoms with Crippen molar-refractivity contribution in [2.45, 2.75) is 46.5 Å². The summed E-state index contributed by atoms with van der Waals surface area (Å²) in [4.78, 5) is 0. The first-order chi connectivity index (χ1) is 9.65. The van der Waals surface area contributed by atoms with Crippen molar-refractivity contribution in [3.05, 3.63) is 11.6 Å². The van der Waals surface area contributed by atoms with Gasteiger partial charge in [0.25, 0.3) is 0 Å². The van der Waals surface area contributed by atoms with Crippen LogP contribution in [0.1, 0.15) is 46.5 Å². The molecule has 20 heavy (non-hydrogen) atoms. The third kappa shape index (κ3) is 1.59. The van der Waals surface area contributed by atoms with Crippen LogP contribution in [0.15, 0.2) is 11.6 Å². The average molecular weight is 273 g/mol. The van der Waals surface area contributed by atoms with E-state index in [0.29, 0.717) is 0 Å². The molecule has 1 heteroatoms. The molecule has 0 spiro atoms. The lowest BCUT2D eigenvalue weighted by molar-refractivity contribution is -0.0602. The maximum absolute atomic E-state index is 5.85. The highest BCUT2D eigenvalue weighted by Crippen LogP contribution is 2.64. The molecular formula is C19H31N. The number of hydrogen-bond acceptors (Lipinski definition) is 1. The van der Waals surface area contributed by atoms with Crippen molar-refractivity contribution >= 4 is 0 Å². The molecule has 3 saturated carbocycles. The number of fused-ring (bicyclic) bond motifs is 1. The molecule has 1 nitrogen and oxygen atoms in total. The average Bonchev–Trinajstić information content (AvgIpc) is 2.43. The van der Waals surface area contributed by atoms with Gasteiger partial charge in [0.15, 0.2) is 0 Å². The summed E-state index contributed by atoms with van der Waals surface area (Å²) < 4.78 is 0. The Hall–Kier alpha value is -0.300. The van der Waals surface area contributed by atoms with Gasteiger partial charge in [-0.25, -0.2) is 0 Å². The van der Waals surface area contributed by atoms with Crippen LogP contribution in [0.5, 0.6) is 0 Å². The Labute approximate surface area is 124 Å². The van der Waals surface area contributed by atoms with E-state index < -0.39 is 0 Å². The number of allylic oxidation sites excluding steroid dienone is 2. The molecular weight excluding hydrogens is 242 g/mol. The molecule has 0 aromatic rings. The number of rotatable bonds is 4. The normalized spacial score (nSPS) is 56.6. The van der Waals surface area contributed by atoms with Gasteiger partial charge in [-0.1, -0.05) is 38.8 Å². The fourth-order valence-corrected chi connectivity index (χ4v) is 6.09. The van der Waals surface area contributed by atoms with E-state index in [1.807, 2.05) is 5.57 Å². The quantitative estimate of drug-likeness (QED) is 0.767. The monoisotopic (exact) mass is 273 g/mol. The molecule has 0 bridgehead atoms. The molecule has 4 aliphatic rings. The van der Waals surface area contributed by atoms with Gasteiger partial charge in [0.2, 0.25) is 0 Å². The second kappa shape index (κ2) is 4.60. The van der Waals surface area contributed by atoms with Gasteiger partial charge < -0.3 is 5.73 Å². The highest BCUT2D eigenvalue weighted by Gasteiger charge is 2.55. The van der Waals surface area contributed by atoms with Crippen LogP contribution >= 0.6 is 0 Å². The van der Waals surface area contributed by atoms with Crippen LogP contribution in [0.25, 0.3) is 0 Å². The fraction of sp³-hybridized carbons (Fsp3) is 0.895. The summed E-state index contributed by atoms with van der Waals surface area (Å²) in [5.41, 5.74) is 7.73. The van der Waals surface area contributed by atoms with Gasteiger partial charge in [0, 0.05) is 0 Å². The zero-order valence-corrected chi connectivity index (χ0v) is 13.4. The summed E-state index contributed by atoms with van der Waals surface area (Å²) in [7, 11) is 0. The van der Waals surface area contributed by atoms with Crippen LogP contribution in [-0.4, -0.2) is 6.54 Å². The first kappa shape index (κ1) is 13.4. The standard InChI is InChI=1S/C19H31N/c1-4-12-5-18-17(12)8-19(18)16-7-15(11(16)3)14-6-13(9-20)10(14)2/h8,10-18H,4-7,9,20H2,1-3H3. The lowest BCUT2D eigenvalue weighted by Crippen LogP contribution is -2.54. The second-order valence-corrected chi connectivity index (χ2v) is 8.37. The number of hydrogen-bond donors (Lipinski definition) is 1. The van der Waals surface area contributed by atoms with Crippen LogP contribution in [0, 0.1) is 53.3 Å². The van der Waals surface area contributed by atoms with Crippen LogP contribution in [0.3, 0.4) is 0 Å². The van der Waals surface area contributed by atoms with Gasteiger partial charge in [0.1, 0.15) is 0 Å². The van der Waals surface area contributed by atoms with E-state index in [2.05, 4.69) is 26.8 Å². The van der Waals surface area contributed by atoms with E-state index in [4.69, 9.17) is 5.73 Å². The Kier molecular flexibility index (Phi) is 3.07. The Morgan fingerprint density at radius 3 is 2.25 bits per heavy atom. The van der Waals surface area contributed by atoms with Gasteiger partial charge in [-0.3, -0.25) is 0 Å². The molecule has 0 saturated heterocycles. The van der Waals surface area contributed by atoms with Crippen LogP contribution in [0.4, 0.5) is 0 Å². The molecule has 4 aliphatic carbocycles. The molecule has 0 aliphatic heterocycles. The smallest absolute Gasteiger partial charge is 0.00461 e. The molecule has 0 amide bonds. The molecule has 0 aromatic carbocycles. The van der Waals surface area contributed by atoms with Gasteiger partial charge in [-0.2, -0.15) is 0 Å². The van der Waals surface area contributed by atoms with E-state index in [-0.39, 0.29) is 0 Å². The highest BCUT2D eigenvalue weighted by atomic mass is 14.6. The summed E-state index contributed by atoms with van der Waals surface area (Å²) in [5.74, 6) is 8.69. The maximum atomic E-state index is 5.85. The minimum atomic E-state index is 0.829. The number of nitrogens with two attached hydrogens (primary N) is 1. The van der Waals surface area contributed by atoms with Crippen LogP contribution < -0.4 is 5.73 Å². The third-order valence-electron chi connectivity index (χ3n) is 8.01. The molecule has 3 fully saturated rings. The van der Waals surface area contributed by atoms with Crippen molar-refractivity contribution in [3.63, 3.8) is 0 Å². The van der Waals surface area contributed by atoms with Crippen molar-refractivity contribution in [3.8, 4) is 0 Å². The highest BCUT2D eigenvalue weighted by molar-refractivity contribution is 5.33. The van der Waals surface area contributed by atoms with E-state index in [1.165, 1.54) is 25.7 Å². The lowest BCUT2D eigenvalue weighted by Gasteiger charge is -2.61. The third-order valence-corrected chi connectivity index (χ3v) is 8.01. The van der Waals surface area contributed by atoms with E-state index in [1.54, 1.807) is 0 Å². The lowest BCUT2D eigenvalue weighted by atomic mass is 9.44. The Bertz CT molecular complexity index is 425. The molecule has 9 atom stereocenters. The summed E-state index contributed by atoms with van der Waals surface area (Å²) in [6.07, 6.45) is 8.50. The summed E-state index contributed by atoms with van der Waals surface area (Å²) in [6.45, 7) is 8.25. The van der Waals surface area contributed by atoms with Gasteiger partial charge >= 0.3 is 0 Å². The van der Waals surface area contributed by atoms with E-state index in [0.717, 1.165) is 59.8 Å². The zero-order valence-electron chi connectivity index (χ0n) is 13.4. The second-order valence-electron chi connectivity index (χ2n) is 8.37. The molecule has 0 radical (unpaired) electrons. The molecule has 2 N–H and O–H groups in total. The fourth-order valence-electron chi connectivity index (χ4n) is 6.09. The minimum absolute atomic E-state index is 0.829. The SMILES string of the molecule is CCC1CC2C(C3CC(C4CC(CN)C4C)C3C)=CC12. The van der Waals surface area contributed by atoms with Crippen LogP contribution in [-0.2, 0) is 0 Å². The molecule has 112 valence electrons.